The van der Waals surface area contributed by atoms with Gasteiger partial charge in [0.15, 0.2) is 0 Å². The monoisotopic (exact) mass is 404 g/mol. The van der Waals surface area contributed by atoms with Crippen molar-refractivity contribution in [2.24, 2.45) is 0 Å². The van der Waals surface area contributed by atoms with Crippen LogP contribution in [-0.4, -0.2) is 42.7 Å². The first-order valence-electron chi connectivity index (χ1n) is 11.5. The fraction of sp³-hybridized carbons (Fsp3) is 0.261. The van der Waals surface area contributed by atoms with Crippen LogP contribution in [-0.2, 0) is 11.3 Å². The Morgan fingerprint density at radius 2 is 1.83 bits per heavy atom. The number of nitrogens with zero attached hydrogens (tertiary/aromatic N) is 4. The molecule has 1 fully saturated rings. The van der Waals surface area contributed by atoms with Gasteiger partial charge >= 0.3 is 0 Å². The van der Waals surface area contributed by atoms with Crippen LogP contribution in [0.2, 0.25) is 0 Å². The van der Waals surface area contributed by atoms with E-state index >= 15 is 0 Å². The van der Waals surface area contributed by atoms with E-state index in [1.54, 1.807) is 30.5 Å². The van der Waals surface area contributed by atoms with E-state index in [4.69, 9.17) is 15.5 Å². The number of morpholine rings is 1. The zero-order valence-corrected chi connectivity index (χ0v) is 16.3. The molecule has 2 heterocycles. The van der Waals surface area contributed by atoms with Gasteiger partial charge in [-0.2, -0.15) is 5.26 Å². The number of nitriles is 1. The molecule has 1 aliphatic heterocycles. The Bertz CT molecular complexity index is 1150. The molecule has 152 valence electrons. The molecule has 0 amide bonds. The van der Waals surface area contributed by atoms with Crippen molar-refractivity contribution in [2.75, 3.05) is 43.0 Å². The maximum absolute atomic E-state index is 8.61. The van der Waals surface area contributed by atoms with Crippen LogP contribution < -0.4 is 15.5 Å². The normalized spacial score (nSPS) is 19.0. The minimum absolute atomic E-state index is 0.204. The number of hydrogen-bond acceptors (Lipinski definition) is 7. The van der Waals surface area contributed by atoms with Crippen LogP contribution in [0.1, 0.15) is 11.0 Å². The van der Waals surface area contributed by atoms with Gasteiger partial charge in [-0.3, -0.25) is 0 Å². The summed E-state index contributed by atoms with van der Waals surface area (Å²) in [5.41, 5.74) is 3.86. The highest BCUT2D eigenvalue weighted by Gasteiger charge is 2.11. The fourth-order valence-electron chi connectivity index (χ4n) is 2.97. The molecule has 0 atom stereocenters. The van der Waals surface area contributed by atoms with E-state index in [0.29, 0.717) is 30.4 Å². The Morgan fingerprint density at radius 1 is 1.07 bits per heavy atom. The van der Waals surface area contributed by atoms with E-state index in [2.05, 4.69) is 26.7 Å². The summed E-state index contributed by atoms with van der Waals surface area (Å²) in [7, 11) is 0. The van der Waals surface area contributed by atoms with Crippen LogP contribution >= 0.6 is 0 Å². The van der Waals surface area contributed by atoms with Gasteiger partial charge < -0.3 is 20.3 Å². The maximum Gasteiger partial charge on any atom is 0.227 e. The second kappa shape index (κ2) is 9.83. The summed E-state index contributed by atoms with van der Waals surface area (Å²) in [4.78, 5) is 9.97. The molecule has 0 radical (unpaired) electrons. The standard InChI is InChI=1S/C23H24N6O/c24-10-12-25-17-18-1-3-19(4-2-18)22-9-11-26-23(28-22)27-20-5-7-21(8-6-20)29-13-15-30-16-14-29/h1-9,11,25H,12-17H2,(H,26,27,28)/i13D2,14D2. The number of nitrogens with one attached hydrogen (secondary N) is 2. The third-order valence-electron chi connectivity index (χ3n) is 4.47. The maximum atomic E-state index is 8.61. The highest BCUT2D eigenvalue weighted by atomic mass is 16.5. The van der Waals surface area contributed by atoms with E-state index in [0.717, 1.165) is 21.7 Å². The van der Waals surface area contributed by atoms with Crippen molar-refractivity contribution in [3.05, 3.63) is 66.4 Å². The fourth-order valence-corrected chi connectivity index (χ4v) is 2.97. The molecular formula is C23H24N6O. The topological polar surface area (TPSA) is 86.1 Å². The van der Waals surface area contributed by atoms with Gasteiger partial charge in [-0.1, -0.05) is 24.3 Å². The van der Waals surface area contributed by atoms with Gasteiger partial charge in [0, 0.05) is 42.7 Å². The molecule has 0 spiro atoms. The van der Waals surface area contributed by atoms with E-state index in [9.17, 15) is 0 Å². The number of aromatic nitrogens is 2. The molecule has 7 heteroatoms. The van der Waals surface area contributed by atoms with Crippen LogP contribution in [0.15, 0.2) is 60.8 Å². The number of anilines is 3. The molecule has 1 aliphatic rings. The van der Waals surface area contributed by atoms with E-state index in [1.165, 1.54) is 0 Å². The number of ether oxygens (including phenoxy) is 1. The second-order valence-corrected chi connectivity index (χ2v) is 6.54. The third kappa shape index (κ3) is 5.11. The van der Waals surface area contributed by atoms with Crippen molar-refractivity contribution in [1.82, 2.24) is 15.3 Å². The third-order valence-corrected chi connectivity index (χ3v) is 4.47. The number of rotatable bonds is 7. The first-order chi connectivity index (χ1) is 16.3. The minimum atomic E-state index is -1.96. The summed E-state index contributed by atoms with van der Waals surface area (Å²) in [5, 5.41) is 14.8. The van der Waals surface area contributed by atoms with Gasteiger partial charge in [-0.15, -0.1) is 0 Å². The van der Waals surface area contributed by atoms with Crippen molar-refractivity contribution in [3.8, 4) is 17.3 Å². The summed E-state index contributed by atoms with van der Waals surface area (Å²) in [6.45, 7) is -3.41. The first-order valence-corrected chi connectivity index (χ1v) is 9.54. The van der Waals surface area contributed by atoms with Crippen molar-refractivity contribution in [1.29, 1.82) is 5.26 Å². The number of hydrogen-bond donors (Lipinski definition) is 2. The molecular weight excluding hydrogens is 376 g/mol. The lowest BCUT2D eigenvalue weighted by molar-refractivity contribution is 0.122. The Kier molecular flexibility index (Phi) is 5.04. The average molecular weight is 405 g/mol. The summed E-state index contributed by atoms with van der Waals surface area (Å²) >= 11 is 0. The predicted molar refractivity (Wildman–Crippen MR) is 118 cm³/mol. The van der Waals surface area contributed by atoms with Gasteiger partial charge in [0.1, 0.15) is 0 Å². The summed E-state index contributed by atoms with van der Waals surface area (Å²) in [5.74, 6) is 0.405. The lowest BCUT2D eigenvalue weighted by Crippen LogP contribution is -2.36. The lowest BCUT2D eigenvalue weighted by atomic mass is 10.1. The highest BCUT2D eigenvalue weighted by Crippen LogP contribution is 2.22. The average Bonchev–Trinajstić information content (AvgIpc) is 2.80. The summed E-state index contributed by atoms with van der Waals surface area (Å²) < 4.78 is 37.7. The summed E-state index contributed by atoms with van der Waals surface area (Å²) in [6, 6.07) is 18.6. The molecule has 2 aromatic carbocycles. The largest absolute Gasteiger partial charge is 0.378 e. The molecule has 0 bridgehead atoms. The molecule has 7 nitrogen and oxygen atoms in total. The molecule has 1 saturated heterocycles. The van der Waals surface area contributed by atoms with Crippen LogP contribution in [0.3, 0.4) is 0 Å². The smallest absolute Gasteiger partial charge is 0.227 e. The molecule has 0 saturated carbocycles. The zero-order valence-electron chi connectivity index (χ0n) is 20.3. The molecule has 2 N–H and O–H groups in total. The Balaban J connectivity index is 1.47. The Hall–Kier alpha value is -3.47. The Morgan fingerprint density at radius 3 is 2.57 bits per heavy atom. The van der Waals surface area contributed by atoms with Gasteiger partial charge in [-0.05, 0) is 35.9 Å². The highest BCUT2D eigenvalue weighted by molar-refractivity contribution is 5.63. The zero-order chi connectivity index (χ0) is 24.2. The van der Waals surface area contributed by atoms with E-state index in [-0.39, 0.29) is 13.2 Å². The van der Waals surface area contributed by atoms with Crippen LogP contribution in [0.4, 0.5) is 17.3 Å². The van der Waals surface area contributed by atoms with Gasteiger partial charge in [0.25, 0.3) is 0 Å². The second-order valence-electron chi connectivity index (χ2n) is 6.54. The van der Waals surface area contributed by atoms with Crippen LogP contribution in [0, 0.1) is 11.3 Å². The van der Waals surface area contributed by atoms with E-state index in [1.807, 2.05) is 30.3 Å². The quantitative estimate of drug-likeness (QED) is 0.461. The molecule has 3 aromatic rings. The summed E-state index contributed by atoms with van der Waals surface area (Å²) in [6.07, 6.45) is 1.66. The Labute approximate surface area is 182 Å². The molecule has 4 rings (SSSR count). The lowest BCUT2D eigenvalue weighted by Gasteiger charge is -2.28. The molecule has 1 aromatic heterocycles. The van der Waals surface area contributed by atoms with Crippen molar-refractivity contribution in [2.45, 2.75) is 6.54 Å². The molecule has 0 unspecified atom stereocenters. The number of benzene rings is 2. The van der Waals surface area contributed by atoms with Crippen LogP contribution in [0.25, 0.3) is 11.3 Å². The molecule has 0 aliphatic carbocycles. The SMILES string of the molecule is [2H]C1([2H])COCC([2H])([2H])N1c1ccc(Nc2nccc(-c3ccc(CNCC#N)cc3)n2)cc1. The van der Waals surface area contributed by atoms with E-state index < -0.39 is 13.0 Å². The molecule has 30 heavy (non-hydrogen) atoms. The van der Waals surface area contributed by atoms with Crippen LogP contribution in [0.5, 0.6) is 0 Å². The first kappa shape index (κ1) is 15.4. The predicted octanol–water partition coefficient (Wildman–Crippen LogP) is 3.34. The van der Waals surface area contributed by atoms with Crippen molar-refractivity contribution in [3.63, 3.8) is 0 Å². The van der Waals surface area contributed by atoms with Gasteiger partial charge in [0.2, 0.25) is 5.95 Å². The van der Waals surface area contributed by atoms with Gasteiger partial charge in [0.05, 0.1) is 37.0 Å². The minimum Gasteiger partial charge on any atom is -0.378 e. The van der Waals surface area contributed by atoms with Crippen molar-refractivity contribution >= 4 is 17.3 Å². The van der Waals surface area contributed by atoms with Crippen molar-refractivity contribution < 1.29 is 10.2 Å². The van der Waals surface area contributed by atoms with Gasteiger partial charge in [-0.25, -0.2) is 9.97 Å².